The summed E-state index contributed by atoms with van der Waals surface area (Å²) < 4.78 is 4.57. The van der Waals surface area contributed by atoms with Crippen LogP contribution < -0.4 is 0 Å². The number of thiol groups is 1. The van der Waals surface area contributed by atoms with Crippen LogP contribution >= 0.6 is 12.6 Å². The molecule has 14 heavy (non-hydrogen) atoms. The van der Waals surface area contributed by atoms with Gasteiger partial charge in [-0.1, -0.05) is 13.3 Å². The average molecular weight is 211 g/mol. The molecule has 0 fully saturated rings. The number of ether oxygens (including phenoxy) is 1. The molecule has 4 heteroatoms. The van der Waals surface area contributed by atoms with E-state index in [2.05, 4.69) is 29.3 Å². The molecule has 1 aromatic heterocycles. The van der Waals surface area contributed by atoms with Crippen molar-refractivity contribution in [2.75, 3.05) is 7.11 Å². The first-order valence-corrected chi connectivity index (χ1v) is 4.90. The van der Waals surface area contributed by atoms with Gasteiger partial charge in [0.15, 0.2) is 5.69 Å². The van der Waals surface area contributed by atoms with Gasteiger partial charge in [-0.25, -0.2) is 9.78 Å². The number of methoxy groups -OCH3 is 1. The molecular weight excluding hydrogens is 198 g/mol. The van der Waals surface area contributed by atoms with Gasteiger partial charge in [-0.05, 0) is 18.1 Å². The summed E-state index contributed by atoms with van der Waals surface area (Å²) >= 11 is 4.19. The molecule has 0 unspecified atom stereocenters. The minimum absolute atomic E-state index is 0.274. The number of esters is 1. The number of aryl methyl sites for hydroxylation is 1. The van der Waals surface area contributed by atoms with Crippen molar-refractivity contribution in [2.24, 2.45) is 0 Å². The first-order chi connectivity index (χ1) is 6.69. The second-order valence-electron chi connectivity index (χ2n) is 2.95. The Morgan fingerprint density at radius 1 is 1.64 bits per heavy atom. The molecule has 1 aromatic rings. The number of carbonyl (C=O) groups is 1. The third kappa shape index (κ3) is 2.48. The summed E-state index contributed by atoms with van der Waals surface area (Å²) in [6.07, 6.45) is 3.68. The smallest absolute Gasteiger partial charge is 0.357 e. The average Bonchev–Trinajstić information content (AvgIpc) is 2.17. The Hall–Kier alpha value is -1.03. The lowest BCUT2D eigenvalue weighted by Gasteiger charge is -2.04. The first-order valence-electron chi connectivity index (χ1n) is 4.45. The first kappa shape index (κ1) is 11.0. The molecule has 0 spiro atoms. The van der Waals surface area contributed by atoms with Gasteiger partial charge in [0.25, 0.3) is 0 Å². The Morgan fingerprint density at radius 3 is 2.86 bits per heavy atom. The predicted octanol–water partition coefficient (Wildman–Crippen LogP) is 2.11. The van der Waals surface area contributed by atoms with Crippen molar-refractivity contribution in [3.05, 3.63) is 23.5 Å². The maximum Gasteiger partial charge on any atom is 0.357 e. The molecule has 0 saturated carbocycles. The monoisotopic (exact) mass is 211 g/mol. The third-order valence-electron chi connectivity index (χ3n) is 1.84. The normalized spacial score (nSPS) is 9.93. The number of aromatic nitrogens is 1. The fraction of sp³-hybridized carbons (Fsp3) is 0.400. The Morgan fingerprint density at radius 2 is 2.36 bits per heavy atom. The molecule has 0 amide bonds. The minimum Gasteiger partial charge on any atom is -0.464 e. The topological polar surface area (TPSA) is 39.2 Å². The highest BCUT2D eigenvalue weighted by Gasteiger charge is 2.11. The van der Waals surface area contributed by atoms with Crippen molar-refractivity contribution in [3.8, 4) is 0 Å². The van der Waals surface area contributed by atoms with Crippen molar-refractivity contribution in [1.82, 2.24) is 4.98 Å². The standard InChI is InChI=1S/C10H13NO2S/c1-3-4-7-5-8(14)9(11-6-7)10(12)13-2/h5-6,14H,3-4H2,1-2H3. The summed E-state index contributed by atoms with van der Waals surface area (Å²) in [6, 6.07) is 1.85. The maximum absolute atomic E-state index is 11.2. The van der Waals surface area contributed by atoms with E-state index >= 15 is 0 Å². The number of rotatable bonds is 3. The van der Waals surface area contributed by atoms with Crippen LogP contribution in [0.2, 0.25) is 0 Å². The highest BCUT2D eigenvalue weighted by molar-refractivity contribution is 7.80. The number of nitrogens with zero attached hydrogens (tertiary/aromatic N) is 1. The lowest BCUT2D eigenvalue weighted by molar-refractivity contribution is 0.0589. The van der Waals surface area contributed by atoms with Crippen LogP contribution in [0.4, 0.5) is 0 Å². The fourth-order valence-corrected chi connectivity index (χ4v) is 1.49. The second kappa shape index (κ2) is 5.00. The summed E-state index contributed by atoms with van der Waals surface area (Å²) in [6.45, 7) is 2.09. The van der Waals surface area contributed by atoms with Gasteiger partial charge in [-0.15, -0.1) is 12.6 Å². The van der Waals surface area contributed by atoms with Crippen LogP contribution in [0.25, 0.3) is 0 Å². The van der Waals surface area contributed by atoms with Crippen LogP contribution in [0.3, 0.4) is 0 Å². The third-order valence-corrected chi connectivity index (χ3v) is 2.18. The van der Waals surface area contributed by atoms with Gasteiger partial charge in [-0.2, -0.15) is 0 Å². The largest absolute Gasteiger partial charge is 0.464 e. The predicted molar refractivity (Wildman–Crippen MR) is 56.8 cm³/mol. The van der Waals surface area contributed by atoms with E-state index in [0.717, 1.165) is 18.4 Å². The van der Waals surface area contributed by atoms with Crippen molar-refractivity contribution >= 4 is 18.6 Å². The quantitative estimate of drug-likeness (QED) is 0.615. The van der Waals surface area contributed by atoms with Crippen molar-refractivity contribution in [1.29, 1.82) is 0 Å². The zero-order valence-electron chi connectivity index (χ0n) is 8.28. The van der Waals surface area contributed by atoms with Gasteiger partial charge in [0.05, 0.1) is 7.11 Å². The molecule has 1 heterocycles. The van der Waals surface area contributed by atoms with Crippen LogP contribution in [-0.4, -0.2) is 18.1 Å². The van der Waals surface area contributed by atoms with Crippen LogP contribution in [0.1, 0.15) is 29.4 Å². The summed E-state index contributed by atoms with van der Waals surface area (Å²) in [4.78, 5) is 15.8. The molecular formula is C10H13NO2S. The van der Waals surface area contributed by atoms with E-state index in [1.807, 2.05) is 6.07 Å². The molecule has 76 valence electrons. The van der Waals surface area contributed by atoms with Crippen molar-refractivity contribution < 1.29 is 9.53 Å². The molecule has 0 bridgehead atoms. The van der Waals surface area contributed by atoms with Crippen LogP contribution in [0, 0.1) is 0 Å². The summed E-state index contributed by atoms with van der Waals surface area (Å²) in [5, 5.41) is 0. The number of carbonyl (C=O) groups excluding carboxylic acids is 1. The molecule has 0 saturated heterocycles. The van der Waals surface area contributed by atoms with Gasteiger partial charge in [-0.3, -0.25) is 0 Å². The van der Waals surface area contributed by atoms with Crippen molar-refractivity contribution in [2.45, 2.75) is 24.7 Å². The molecule has 3 nitrogen and oxygen atoms in total. The van der Waals surface area contributed by atoms with E-state index in [4.69, 9.17) is 0 Å². The van der Waals surface area contributed by atoms with E-state index in [1.54, 1.807) is 6.20 Å². The van der Waals surface area contributed by atoms with Gasteiger partial charge in [0.2, 0.25) is 0 Å². The van der Waals surface area contributed by atoms with Gasteiger partial charge in [0.1, 0.15) is 0 Å². The number of hydrogen-bond acceptors (Lipinski definition) is 4. The summed E-state index contributed by atoms with van der Waals surface area (Å²) in [5.41, 5.74) is 1.36. The Kier molecular flexibility index (Phi) is 3.95. The van der Waals surface area contributed by atoms with Gasteiger partial charge in [0, 0.05) is 11.1 Å². The highest BCUT2D eigenvalue weighted by atomic mass is 32.1. The van der Waals surface area contributed by atoms with E-state index in [1.165, 1.54) is 7.11 Å². The van der Waals surface area contributed by atoms with Crippen molar-refractivity contribution in [3.63, 3.8) is 0 Å². The van der Waals surface area contributed by atoms with E-state index in [0.29, 0.717) is 4.90 Å². The van der Waals surface area contributed by atoms with Crippen LogP contribution in [-0.2, 0) is 11.2 Å². The van der Waals surface area contributed by atoms with Gasteiger partial charge >= 0.3 is 5.97 Å². The molecule has 0 aromatic carbocycles. The zero-order chi connectivity index (χ0) is 10.6. The number of pyridine rings is 1. The molecule has 0 aliphatic rings. The minimum atomic E-state index is -0.446. The fourth-order valence-electron chi connectivity index (χ4n) is 1.17. The Balaban J connectivity index is 2.95. The summed E-state index contributed by atoms with van der Waals surface area (Å²) in [7, 11) is 1.33. The van der Waals surface area contributed by atoms with E-state index in [9.17, 15) is 4.79 Å². The molecule has 0 aliphatic carbocycles. The zero-order valence-corrected chi connectivity index (χ0v) is 9.17. The van der Waals surface area contributed by atoms with Gasteiger partial charge < -0.3 is 4.74 Å². The molecule has 0 aliphatic heterocycles. The lowest BCUT2D eigenvalue weighted by atomic mass is 10.1. The molecule has 0 N–H and O–H groups in total. The van der Waals surface area contributed by atoms with E-state index in [-0.39, 0.29) is 5.69 Å². The summed E-state index contributed by atoms with van der Waals surface area (Å²) in [5.74, 6) is -0.446. The maximum atomic E-state index is 11.2. The molecule has 1 rings (SSSR count). The van der Waals surface area contributed by atoms with E-state index < -0.39 is 5.97 Å². The number of hydrogen-bond donors (Lipinski definition) is 1. The Labute approximate surface area is 88.9 Å². The highest BCUT2D eigenvalue weighted by Crippen LogP contribution is 2.15. The second-order valence-corrected chi connectivity index (χ2v) is 3.43. The van der Waals surface area contributed by atoms with Crippen LogP contribution in [0.15, 0.2) is 17.2 Å². The SMILES string of the molecule is CCCc1cnc(C(=O)OC)c(S)c1. The Bertz CT molecular complexity index is 339. The van der Waals surface area contributed by atoms with Crippen LogP contribution in [0.5, 0.6) is 0 Å². The molecule has 0 atom stereocenters. The lowest BCUT2D eigenvalue weighted by Crippen LogP contribution is -2.06. The molecule has 0 radical (unpaired) electrons.